The van der Waals surface area contributed by atoms with Gasteiger partial charge >= 0.3 is 0 Å². The topological polar surface area (TPSA) is 26.3 Å². The van der Waals surface area contributed by atoms with Crippen molar-refractivity contribution in [2.75, 3.05) is 6.61 Å². The van der Waals surface area contributed by atoms with Gasteiger partial charge in [-0.05, 0) is 39.0 Å². The van der Waals surface area contributed by atoms with Gasteiger partial charge < -0.3 is 4.74 Å². The van der Waals surface area contributed by atoms with Gasteiger partial charge in [0.2, 0.25) is 0 Å². The molecule has 0 aliphatic carbocycles. The molecule has 88 valence electrons. The van der Waals surface area contributed by atoms with Crippen molar-refractivity contribution in [3.8, 4) is 0 Å². The fourth-order valence-electron chi connectivity index (χ4n) is 1.03. The van der Waals surface area contributed by atoms with Crippen LogP contribution in [-0.4, -0.2) is 18.0 Å². The van der Waals surface area contributed by atoms with E-state index in [1.54, 1.807) is 18.2 Å². The Bertz CT molecular complexity index is 394. The van der Waals surface area contributed by atoms with E-state index in [9.17, 15) is 4.79 Å². The molecule has 1 rings (SSSR count). The van der Waals surface area contributed by atoms with Crippen LogP contribution in [0.25, 0.3) is 0 Å². The number of carbonyl (C=O) groups excluding carboxylic acids is 1. The van der Waals surface area contributed by atoms with Crippen molar-refractivity contribution in [1.29, 1.82) is 0 Å². The van der Waals surface area contributed by atoms with Gasteiger partial charge in [-0.1, -0.05) is 23.2 Å². The van der Waals surface area contributed by atoms with Gasteiger partial charge in [-0.25, -0.2) is 0 Å². The molecule has 0 bridgehead atoms. The monoisotopic (exact) mass is 260 g/mol. The van der Waals surface area contributed by atoms with Gasteiger partial charge in [-0.2, -0.15) is 0 Å². The highest BCUT2D eigenvalue weighted by Crippen LogP contribution is 2.23. The molecule has 0 unspecified atom stereocenters. The summed E-state index contributed by atoms with van der Waals surface area (Å²) in [7, 11) is 0. The van der Waals surface area contributed by atoms with Crippen LogP contribution in [-0.2, 0) is 4.74 Å². The van der Waals surface area contributed by atoms with Crippen LogP contribution in [0, 0.1) is 0 Å². The Morgan fingerprint density at radius 3 is 2.38 bits per heavy atom. The first kappa shape index (κ1) is 13.5. The zero-order chi connectivity index (χ0) is 12.3. The maximum Gasteiger partial charge on any atom is 0.188 e. The van der Waals surface area contributed by atoms with Crippen molar-refractivity contribution in [2.24, 2.45) is 0 Å². The number of Topliss-reactive ketones (excluding diaryl/α,β-unsaturated/α-hetero) is 1. The van der Waals surface area contributed by atoms with E-state index < -0.39 is 0 Å². The summed E-state index contributed by atoms with van der Waals surface area (Å²) >= 11 is 11.6. The summed E-state index contributed by atoms with van der Waals surface area (Å²) in [5.74, 6) is -0.103. The number of benzene rings is 1. The number of ketones is 1. The second-order valence-electron chi connectivity index (χ2n) is 4.45. The fraction of sp³-hybridized carbons (Fsp3) is 0.417. The predicted molar refractivity (Wildman–Crippen MR) is 66.5 cm³/mol. The van der Waals surface area contributed by atoms with E-state index in [1.165, 1.54) is 0 Å². The molecule has 0 fully saturated rings. The average molecular weight is 261 g/mol. The molecule has 1 aromatic carbocycles. The molecule has 0 atom stereocenters. The quantitative estimate of drug-likeness (QED) is 0.769. The van der Waals surface area contributed by atoms with Crippen molar-refractivity contribution >= 4 is 29.0 Å². The Hall–Kier alpha value is -0.570. The third kappa shape index (κ3) is 4.12. The van der Waals surface area contributed by atoms with E-state index in [1.807, 2.05) is 20.8 Å². The zero-order valence-electron chi connectivity index (χ0n) is 9.51. The lowest BCUT2D eigenvalue weighted by Crippen LogP contribution is -2.23. The van der Waals surface area contributed by atoms with Gasteiger partial charge in [0.25, 0.3) is 0 Å². The molecular formula is C12H14Cl2O2. The Labute approximate surface area is 106 Å². The van der Waals surface area contributed by atoms with Gasteiger partial charge in [0.05, 0.1) is 15.6 Å². The Morgan fingerprint density at radius 1 is 1.25 bits per heavy atom. The Kier molecular flexibility index (Phi) is 4.36. The van der Waals surface area contributed by atoms with Crippen LogP contribution in [0.4, 0.5) is 0 Å². The average Bonchev–Trinajstić information content (AvgIpc) is 2.17. The summed E-state index contributed by atoms with van der Waals surface area (Å²) in [4.78, 5) is 11.7. The zero-order valence-corrected chi connectivity index (χ0v) is 11.0. The highest BCUT2D eigenvalue weighted by Gasteiger charge is 2.14. The maximum atomic E-state index is 11.7. The summed E-state index contributed by atoms with van der Waals surface area (Å²) in [6.45, 7) is 5.74. The molecule has 0 spiro atoms. The van der Waals surface area contributed by atoms with Crippen LogP contribution in [0.1, 0.15) is 31.1 Å². The van der Waals surface area contributed by atoms with Gasteiger partial charge in [0.15, 0.2) is 5.78 Å². The third-order valence-electron chi connectivity index (χ3n) is 1.88. The smallest absolute Gasteiger partial charge is 0.188 e. The molecule has 4 heteroatoms. The predicted octanol–water partition coefficient (Wildman–Crippen LogP) is 3.99. The molecule has 0 aliphatic heterocycles. The lowest BCUT2D eigenvalue weighted by molar-refractivity contribution is 0.00307. The molecule has 16 heavy (non-hydrogen) atoms. The molecule has 0 radical (unpaired) electrons. The molecule has 0 saturated heterocycles. The second kappa shape index (κ2) is 5.17. The molecule has 0 aromatic heterocycles. The van der Waals surface area contributed by atoms with E-state index in [2.05, 4.69) is 0 Å². The summed E-state index contributed by atoms with van der Waals surface area (Å²) in [5.41, 5.74) is 0.185. The van der Waals surface area contributed by atoms with Crippen LogP contribution < -0.4 is 0 Å². The van der Waals surface area contributed by atoms with E-state index in [0.29, 0.717) is 15.6 Å². The van der Waals surface area contributed by atoms with Crippen molar-refractivity contribution in [2.45, 2.75) is 26.4 Å². The molecule has 2 nitrogen and oxygen atoms in total. The number of halogens is 2. The van der Waals surface area contributed by atoms with Crippen molar-refractivity contribution in [3.05, 3.63) is 33.8 Å². The van der Waals surface area contributed by atoms with Crippen LogP contribution >= 0.6 is 23.2 Å². The Morgan fingerprint density at radius 2 is 1.88 bits per heavy atom. The Balaban J connectivity index is 2.70. The summed E-state index contributed by atoms with van der Waals surface area (Å²) in [6.07, 6.45) is 0. The molecular weight excluding hydrogens is 247 g/mol. The third-order valence-corrected chi connectivity index (χ3v) is 2.62. The standard InChI is InChI=1S/C12H14Cl2O2/c1-12(2,3)16-7-11(15)8-4-5-9(13)10(14)6-8/h4-6H,7H2,1-3H3. The molecule has 0 aliphatic rings. The van der Waals surface area contributed by atoms with Crippen LogP contribution in [0.15, 0.2) is 18.2 Å². The lowest BCUT2D eigenvalue weighted by Gasteiger charge is -2.18. The minimum Gasteiger partial charge on any atom is -0.368 e. The lowest BCUT2D eigenvalue weighted by atomic mass is 10.1. The fourth-order valence-corrected chi connectivity index (χ4v) is 1.33. The van der Waals surface area contributed by atoms with Gasteiger partial charge in [-0.15, -0.1) is 0 Å². The first-order valence-electron chi connectivity index (χ1n) is 4.92. The number of rotatable bonds is 3. The molecule has 0 amide bonds. The minimum absolute atomic E-state index is 0.0431. The normalized spacial score (nSPS) is 11.6. The number of ether oxygens (including phenoxy) is 1. The molecule has 1 aromatic rings. The van der Waals surface area contributed by atoms with Gasteiger partial charge in [0, 0.05) is 5.56 Å². The second-order valence-corrected chi connectivity index (χ2v) is 5.27. The van der Waals surface area contributed by atoms with E-state index in [4.69, 9.17) is 27.9 Å². The minimum atomic E-state index is -0.327. The molecule has 0 N–H and O–H groups in total. The first-order chi connectivity index (χ1) is 7.29. The summed E-state index contributed by atoms with van der Waals surface area (Å²) in [5, 5.41) is 0.818. The molecule has 0 saturated carbocycles. The van der Waals surface area contributed by atoms with Gasteiger partial charge in [0.1, 0.15) is 6.61 Å². The molecule has 0 heterocycles. The SMILES string of the molecule is CC(C)(C)OCC(=O)c1ccc(Cl)c(Cl)c1. The van der Waals surface area contributed by atoms with Crippen LogP contribution in [0.2, 0.25) is 10.0 Å². The van der Waals surface area contributed by atoms with Crippen LogP contribution in [0.3, 0.4) is 0 Å². The number of hydrogen-bond donors (Lipinski definition) is 0. The van der Waals surface area contributed by atoms with E-state index >= 15 is 0 Å². The van der Waals surface area contributed by atoms with Gasteiger partial charge in [-0.3, -0.25) is 4.79 Å². The largest absolute Gasteiger partial charge is 0.368 e. The number of carbonyl (C=O) groups is 1. The number of hydrogen-bond acceptors (Lipinski definition) is 2. The van der Waals surface area contributed by atoms with Crippen molar-refractivity contribution in [3.63, 3.8) is 0 Å². The highest BCUT2D eigenvalue weighted by atomic mass is 35.5. The first-order valence-corrected chi connectivity index (χ1v) is 5.67. The highest BCUT2D eigenvalue weighted by molar-refractivity contribution is 6.42. The maximum absolute atomic E-state index is 11.7. The van der Waals surface area contributed by atoms with E-state index in [-0.39, 0.29) is 18.0 Å². The van der Waals surface area contributed by atoms with Crippen molar-refractivity contribution < 1.29 is 9.53 Å². The summed E-state index contributed by atoms with van der Waals surface area (Å²) in [6, 6.07) is 4.80. The van der Waals surface area contributed by atoms with Crippen molar-refractivity contribution in [1.82, 2.24) is 0 Å². The summed E-state index contributed by atoms with van der Waals surface area (Å²) < 4.78 is 5.39. The van der Waals surface area contributed by atoms with Crippen LogP contribution in [0.5, 0.6) is 0 Å². The van der Waals surface area contributed by atoms with E-state index in [0.717, 1.165) is 0 Å².